The first kappa shape index (κ1) is 25.8. The number of amides is 1. The molecule has 0 saturated carbocycles. The minimum atomic E-state index is -0.130. The van der Waals surface area contributed by atoms with Gasteiger partial charge in [-0.15, -0.1) is 24.0 Å². The number of aliphatic imine (C=N–C) groups is 1. The van der Waals surface area contributed by atoms with Crippen molar-refractivity contribution < 1.29 is 14.3 Å². The van der Waals surface area contributed by atoms with Gasteiger partial charge in [0.25, 0.3) is 0 Å². The molecule has 1 amide bonds. The van der Waals surface area contributed by atoms with Crippen molar-refractivity contribution in [3.63, 3.8) is 0 Å². The summed E-state index contributed by atoms with van der Waals surface area (Å²) in [5.41, 5.74) is 0.995. The van der Waals surface area contributed by atoms with E-state index in [1.54, 1.807) is 26.3 Å². The fraction of sp³-hybridized carbons (Fsp3) is 0.333. The molecule has 0 saturated heterocycles. The monoisotopic (exact) mass is 546 g/mol. The normalized spacial score (nSPS) is 11.7. The summed E-state index contributed by atoms with van der Waals surface area (Å²) in [5.74, 6) is 1.92. The number of ether oxygens (including phenoxy) is 2. The van der Waals surface area contributed by atoms with Crippen molar-refractivity contribution in [3.8, 4) is 11.5 Å². The number of carbonyl (C=O) groups is 1. The van der Waals surface area contributed by atoms with Crippen LogP contribution in [0.3, 0.4) is 0 Å². The SMILES string of the molecule is CN=C(NCC(=O)NCc1ccc(OC)cc1)NCC(C)Oc1ccc(Cl)cc1.I. The van der Waals surface area contributed by atoms with Crippen LogP contribution in [0, 0.1) is 0 Å². The first-order valence-corrected chi connectivity index (χ1v) is 9.64. The fourth-order valence-electron chi connectivity index (χ4n) is 2.42. The number of nitrogens with zero attached hydrogens (tertiary/aromatic N) is 1. The number of hydrogen-bond acceptors (Lipinski definition) is 4. The standard InChI is InChI=1S/C21H27ClN4O3.HI/c1-15(29-19-10-6-17(22)7-11-19)12-25-21(23-2)26-14-20(27)24-13-16-4-8-18(28-3)9-5-16;/h4-11,15H,12-14H2,1-3H3,(H,24,27)(H2,23,25,26);1H. The van der Waals surface area contributed by atoms with Gasteiger partial charge in [0.05, 0.1) is 20.2 Å². The number of carbonyl (C=O) groups excluding carboxylic acids is 1. The van der Waals surface area contributed by atoms with Crippen LogP contribution in [-0.4, -0.2) is 45.2 Å². The summed E-state index contributed by atoms with van der Waals surface area (Å²) >= 11 is 5.87. The first-order valence-electron chi connectivity index (χ1n) is 9.26. The largest absolute Gasteiger partial charge is 0.497 e. The molecule has 164 valence electrons. The number of halogens is 2. The molecule has 30 heavy (non-hydrogen) atoms. The van der Waals surface area contributed by atoms with Crippen LogP contribution in [0.5, 0.6) is 11.5 Å². The van der Waals surface area contributed by atoms with Gasteiger partial charge in [0.15, 0.2) is 5.96 Å². The Morgan fingerprint density at radius 2 is 1.67 bits per heavy atom. The number of guanidine groups is 1. The number of rotatable bonds is 9. The van der Waals surface area contributed by atoms with E-state index in [1.807, 2.05) is 43.3 Å². The van der Waals surface area contributed by atoms with Crippen LogP contribution in [0.4, 0.5) is 0 Å². The van der Waals surface area contributed by atoms with E-state index in [0.29, 0.717) is 24.1 Å². The Morgan fingerprint density at radius 3 is 2.27 bits per heavy atom. The lowest BCUT2D eigenvalue weighted by molar-refractivity contribution is -0.120. The quantitative estimate of drug-likeness (QED) is 0.256. The van der Waals surface area contributed by atoms with Gasteiger partial charge in [0.1, 0.15) is 17.6 Å². The second-order valence-corrected chi connectivity index (χ2v) is 6.75. The van der Waals surface area contributed by atoms with Gasteiger partial charge in [-0.1, -0.05) is 23.7 Å². The summed E-state index contributed by atoms with van der Waals surface area (Å²) in [6.45, 7) is 3.02. The fourth-order valence-corrected chi connectivity index (χ4v) is 2.54. The molecular formula is C21H28ClIN4O3. The number of hydrogen-bond donors (Lipinski definition) is 3. The maximum Gasteiger partial charge on any atom is 0.239 e. The summed E-state index contributed by atoms with van der Waals surface area (Å²) in [5, 5.41) is 9.64. The van der Waals surface area contributed by atoms with E-state index in [-0.39, 0.29) is 42.5 Å². The molecular weight excluding hydrogens is 519 g/mol. The molecule has 2 aromatic rings. The summed E-state index contributed by atoms with van der Waals surface area (Å²) in [6.07, 6.45) is -0.0985. The van der Waals surface area contributed by atoms with E-state index in [0.717, 1.165) is 17.1 Å². The number of methoxy groups -OCH3 is 1. The topological polar surface area (TPSA) is 84.0 Å². The second-order valence-electron chi connectivity index (χ2n) is 6.31. The van der Waals surface area contributed by atoms with Crippen LogP contribution >= 0.6 is 35.6 Å². The lowest BCUT2D eigenvalue weighted by Gasteiger charge is -2.17. The molecule has 1 atom stereocenters. The predicted octanol–water partition coefficient (Wildman–Crippen LogP) is 3.22. The zero-order valence-electron chi connectivity index (χ0n) is 17.3. The van der Waals surface area contributed by atoms with Gasteiger partial charge >= 0.3 is 0 Å². The summed E-state index contributed by atoms with van der Waals surface area (Å²) < 4.78 is 10.9. The van der Waals surface area contributed by atoms with Crippen molar-refractivity contribution in [1.82, 2.24) is 16.0 Å². The highest BCUT2D eigenvalue weighted by molar-refractivity contribution is 14.0. The van der Waals surface area contributed by atoms with Crippen molar-refractivity contribution in [2.45, 2.75) is 19.6 Å². The van der Waals surface area contributed by atoms with Crippen LogP contribution in [0.1, 0.15) is 12.5 Å². The third-order valence-corrected chi connectivity index (χ3v) is 4.25. The summed E-state index contributed by atoms with van der Waals surface area (Å²) in [6, 6.07) is 14.7. The molecule has 0 aliphatic heterocycles. The molecule has 7 nitrogen and oxygen atoms in total. The van der Waals surface area contributed by atoms with E-state index < -0.39 is 0 Å². The van der Waals surface area contributed by atoms with Crippen molar-refractivity contribution in [1.29, 1.82) is 0 Å². The van der Waals surface area contributed by atoms with E-state index in [1.165, 1.54) is 0 Å². The number of nitrogens with one attached hydrogen (secondary N) is 3. The molecule has 9 heteroatoms. The number of benzene rings is 2. The zero-order valence-corrected chi connectivity index (χ0v) is 20.4. The third-order valence-electron chi connectivity index (χ3n) is 4.00. The zero-order chi connectivity index (χ0) is 21.1. The summed E-state index contributed by atoms with van der Waals surface area (Å²) in [7, 11) is 3.27. The molecule has 0 spiro atoms. The van der Waals surface area contributed by atoms with Crippen LogP contribution in [0.25, 0.3) is 0 Å². The lowest BCUT2D eigenvalue weighted by Crippen LogP contribution is -2.45. The van der Waals surface area contributed by atoms with E-state index in [4.69, 9.17) is 21.1 Å². The van der Waals surface area contributed by atoms with E-state index >= 15 is 0 Å². The Balaban J connectivity index is 0.00000450. The Hall–Kier alpha value is -2.20. The molecule has 0 heterocycles. The van der Waals surface area contributed by atoms with Crippen LogP contribution in [-0.2, 0) is 11.3 Å². The molecule has 1 unspecified atom stereocenters. The van der Waals surface area contributed by atoms with E-state index in [2.05, 4.69) is 20.9 Å². The smallest absolute Gasteiger partial charge is 0.239 e. The predicted molar refractivity (Wildman–Crippen MR) is 131 cm³/mol. The molecule has 0 aliphatic carbocycles. The highest BCUT2D eigenvalue weighted by Gasteiger charge is 2.07. The highest BCUT2D eigenvalue weighted by Crippen LogP contribution is 2.16. The molecule has 3 N–H and O–H groups in total. The van der Waals surface area contributed by atoms with E-state index in [9.17, 15) is 4.79 Å². The second kappa shape index (κ2) is 13.9. The minimum Gasteiger partial charge on any atom is -0.497 e. The molecule has 0 radical (unpaired) electrons. The van der Waals surface area contributed by atoms with Gasteiger partial charge in [-0.05, 0) is 48.9 Å². The molecule has 0 fully saturated rings. The molecule has 2 aromatic carbocycles. The highest BCUT2D eigenvalue weighted by atomic mass is 127. The van der Waals surface area contributed by atoms with Crippen molar-refractivity contribution >= 4 is 47.4 Å². The van der Waals surface area contributed by atoms with Crippen molar-refractivity contribution in [3.05, 3.63) is 59.1 Å². The van der Waals surface area contributed by atoms with Gasteiger partial charge in [-0.2, -0.15) is 0 Å². The van der Waals surface area contributed by atoms with Crippen molar-refractivity contribution in [2.75, 3.05) is 27.2 Å². The maximum atomic E-state index is 12.1. The lowest BCUT2D eigenvalue weighted by atomic mass is 10.2. The van der Waals surface area contributed by atoms with Crippen LogP contribution in [0.15, 0.2) is 53.5 Å². The minimum absolute atomic E-state index is 0. The summed E-state index contributed by atoms with van der Waals surface area (Å²) in [4.78, 5) is 16.2. The van der Waals surface area contributed by atoms with Crippen molar-refractivity contribution in [2.24, 2.45) is 4.99 Å². The van der Waals surface area contributed by atoms with Gasteiger partial charge in [-0.25, -0.2) is 0 Å². The van der Waals surface area contributed by atoms with Gasteiger partial charge in [-0.3, -0.25) is 9.79 Å². The first-order chi connectivity index (χ1) is 14.0. The molecule has 2 rings (SSSR count). The molecule has 0 aromatic heterocycles. The molecule has 0 bridgehead atoms. The Bertz CT molecular complexity index is 801. The average molecular weight is 547 g/mol. The van der Waals surface area contributed by atoms with Crippen LogP contribution in [0.2, 0.25) is 5.02 Å². The van der Waals surface area contributed by atoms with Gasteiger partial charge in [0, 0.05) is 18.6 Å². The van der Waals surface area contributed by atoms with Gasteiger partial charge < -0.3 is 25.4 Å². The Kier molecular flexibility index (Phi) is 12.0. The average Bonchev–Trinajstić information content (AvgIpc) is 2.74. The van der Waals surface area contributed by atoms with Gasteiger partial charge in [0.2, 0.25) is 5.91 Å². The third kappa shape index (κ3) is 9.53. The maximum absolute atomic E-state index is 12.1. The Morgan fingerprint density at radius 1 is 1.03 bits per heavy atom. The molecule has 0 aliphatic rings. The Labute approximate surface area is 199 Å². The van der Waals surface area contributed by atoms with Crippen LogP contribution < -0.4 is 25.4 Å².